The molecular formula is C15H23BrN2O. The number of likely N-dealkylation sites (N-methyl/N-ethyl adjacent to an activating group) is 1. The maximum absolute atomic E-state index is 6.26. The highest BCUT2D eigenvalue weighted by Crippen LogP contribution is 2.23. The summed E-state index contributed by atoms with van der Waals surface area (Å²) in [5.74, 6) is 0. The molecule has 1 aliphatic rings. The fourth-order valence-corrected chi connectivity index (χ4v) is 3.10. The van der Waals surface area contributed by atoms with Crippen LogP contribution in [0.5, 0.6) is 0 Å². The van der Waals surface area contributed by atoms with Crippen LogP contribution in [-0.2, 0) is 4.74 Å². The smallest absolute Gasteiger partial charge is 0.0702 e. The number of nitrogens with zero attached hydrogens (tertiary/aromatic N) is 1. The van der Waals surface area contributed by atoms with E-state index in [1.807, 2.05) is 18.2 Å². The summed E-state index contributed by atoms with van der Waals surface area (Å²) in [5.41, 5.74) is 7.45. The van der Waals surface area contributed by atoms with Crippen LogP contribution in [0.2, 0.25) is 0 Å². The van der Waals surface area contributed by atoms with Crippen molar-refractivity contribution in [1.29, 1.82) is 0 Å². The van der Waals surface area contributed by atoms with E-state index in [1.54, 1.807) is 0 Å². The van der Waals surface area contributed by atoms with Crippen LogP contribution in [0.15, 0.2) is 28.7 Å². The number of hydrogen-bond donors (Lipinski definition) is 1. The Morgan fingerprint density at radius 2 is 2.26 bits per heavy atom. The molecule has 0 spiro atoms. The van der Waals surface area contributed by atoms with Crippen molar-refractivity contribution in [1.82, 2.24) is 4.90 Å². The Balaban J connectivity index is 1.76. The number of nitrogens with two attached hydrogens (primary N) is 1. The zero-order chi connectivity index (χ0) is 13.7. The standard InChI is InChI=1S/C15H23BrN2O/c1-18(11-12-5-4-10-19-12)9-8-15(17)13-6-2-3-7-14(13)16/h2-3,6-7,12,15H,4-5,8-11,17H2,1H3. The quantitative estimate of drug-likeness (QED) is 0.873. The van der Waals surface area contributed by atoms with Gasteiger partial charge in [-0.05, 0) is 44.5 Å². The van der Waals surface area contributed by atoms with Crippen molar-refractivity contribution in [3.63, 3.8) is 0 Å². The van der Waals surface area contributed by atoms with Gasteiger partial charge in [0, 0.05) is 23.7 Å². The van der Waals surface area contributed by atoms with Gasteiger partial charge in [-0.15, -0.1) is 0 Å². The van der Waals surface area contributed by atoms with Gasteiger partial charge in [-0.25, -0.2) is 0 Å². The molecule has 19 heavy (non-hydrogen) atoms. The highest BCUT2D eigenvalue weighted by molar-refractivity contribution is 9.10. The van der Waals surface area contributed by atoms with Crippen LogP contribution in [0.25, 0.3) is 0 Å². The van der Waals surface area contributed by atoms with Crippen molar-refractivity contribution >= 4 is 15.9 Å². The van der Waals surface area contributed by atoms with Crippen LogP contribution in [0.4, 0.5) is 0 Å². The normalized spacial score (nSPS) is 20.9. The molecule has 4 heteroatoms. The lowest BCUT2D eigenvalue weighted by molar-refractivity contribution is 0.0804. The SMILES string of the molecule is CN(CCC(N)c1ccccc1Br)CC1CCCO1. The van der Waals surface area contributed by atoms with Gasteiger partial charge in [0.25, 0.3) is 0 Å². The molecular weight excluding hydrogens is 304 g/mol. The van der Waals surface area contributed by atoms with Gasteiger partial charge in [0.15, 0.2) is 0 Å². The zero-order valence-electron chi connectivity index (χ0n) is 11.5. The Morgan fingerprint density at radius 1 is 1.47 bits per heavy atom. The van der Waals surface area contributed by atoms with Gasteiger partial charge >= 0.3 is 0 Å². The Hall–Kier alpha value is -0.420. The molecule has 3 nitrogen and oxygen atoms in total. The van der Waals surface area contributed by atoms with Gasteiger partial charge in [0.2, 0.25) is 0 Å². The first kappa shape index (κ1) is 15.0. The number of halogens is 1. The van der Waals surface area contributed by atoms with Crippen molar-refractivity contribution in [2.24, 2.45) is 5.73 Å². The Kier molecular flexibility index (Phi) is 5.82. The first-order valence-corrected chi connectivity index (χ1v) is 7.76. The summed E-state index contributed by atoms with van der Waals surface area (Å²) in [4.78, 5) is 2.33. The van der Waals surface area contributed by atoms with Crippen molar-refractivity contribution in [2.45, 2.75) is 31.4 Å². The van der Waals surface area contributed by atoms with E-state index in [2.05, 4.69) is 33.9 Å². The molecule has 0 radical (unpaired) electrons. The van der Waals surface area contributed by atoms with Crippen LogP contribution in [0.1, 0.15) is 30.9 Å². The fraction of sp³-hybridized carbons (Fsp3) is 0.600. The third-order valence-corrected chi connectivity index (χ3v) is 4.39. The summed E-state index contributed by atoms with van der Waals surface area (Å²) in [6.45, 7) is 2.94. The number of hydrogen-bond acceptors (Lipinski definition) is 3. The Bertz CT molecular complexity index is 393. The highest BCUT2D eigenvalue weighted by Gasteiger charge is 2.18. The van der Waals surface area contributed by atoms with Crippen molar-refractivity contribution < 1.29 is 4.74 Å². The van der Waals surface area contributed by atoms with E-state index in [-0.39, 0.29) is 6.04 Å². The molecule has 1 aromatic carbocycles. The molecule has 0 aliphatic carbocycles. The maximum atomic E-state index is 6.26. The van der Waals surface area contributed by atoms with Gasteiger partial charge in [-0.3, -0.25) is 0 Å². The average molecular weight is 327 g/mol. The largest absolute Gasteiger partial charge is 0.377 e. The first-order chi connectivity index (χ1) is 9.16. The molecule has 1 saturated heterocycles. The van der Waals surface area contributed by atoms with Crippen molar-refractivity contribution in [3.05, 3.63) is 34.3 Å². The van der Waals surface area contributed by atoms with Gasteiger partial charge < -0.3 is 15.4 Å². The molecule has 1 heterocycles. The van der Waals surface area contributed by atoms with E-state index >= 15 is 0 Å². The molecule has 2 N–H and O–H groups in total. The number of ether oxygens (including phenoxy) is 1. The summed E-state index contributed by atoms with van der Waals surface area (Å²) >= 11 is 3.56. The summed E-state index contributed by atoms with van der Waals surface area (Å²) in [6.07, 6.45) is 3.78. The first-order valence-electron chi connectivity index (χ1n) is 6.97. The lowest BCUT2D eigenvalue weighted by atomic mass is 10.0. The lowest BCUT2D eigenvalue weighted by Crippen LogP contribution is -2.31. The van der Waals surface area contributed by atoms with Crippen LogP contribution in [-0.4, -0.2) is 37.7 Å². The molecule has 0 bridgehead atoms. The van der Waals surface area contributed by atoms with E-state index in [4.69, 9.17) is 10.5 Å². The molecule has 1 aliphatic heterocycles. The molecule has 0 aromatic heterocycles. The van der Waals surface area contributed by atoms with E-state index in [1.165, 1.54) is 18.4 Å². The summed E-state index contributed by atoms with van der Waals surface area (Å²) in [6, 6.07) is 8.28. The van der Waals surface area contributed by atoms with Crippen molar-refractivity contribution in [3.8, 4) is 0 Å². The van der Waals surface area contributed by atoms with Gasteiger partial charge in [0.05, 0.1) is 6.10 Å². The van der Waals surface area contributed by atoms with Crippen molar-refractivity contribution in [2.75, 3.05) is 26.7 Å². The summed E-state index contributed by atoms with van der Waals surface area (Å²) in [5, 5.41) is 0. The highest BCUT2D eigenvalue weighted by atomic mass is 79.9. The number of benzene rings is 1. The van der Waals surface area contributed by atoms with Crippen LogP contribution in [0, 0.1) is 0 Å². The minimum absolute atomic E-state index is 0.0857. The zero-order valence-corrected chi connectivity index (χ0v) is 13.1. The Morgan fingerprint density at radius 3 is 2.95 bits per heavy atom. The van der Waals surface area contributed by atoms with Gasteiger partial charge in [-0.2, -0.15) is 0 Å². The predicted molar refractivity (Wildman–Crippen MR) is 82.2 cm³/mol. The second kappa shape index (κ2) is 7.39. The number of rotatable bonds is 6. The second-order valence-electron chi connectivity index (χ2n) is 5.31. The minimum Gasteiger partial charge on any atom is -0.377 e. The van der Waals surface area contributed by atoms with E-state index in [0.29, 0.717) is 6.10 Å². The average Bonchev–Trinajstić information content (AvgIpc) is 2.89. The third kappa shape index (κ3) is 4.56. The van der Waals surface area contributed by atoms with E-state index in [0.717, 1.165) is 30.6 Å². The molecule has 2 rings (SSSR count). The summed E-state index contributed by atoms with van der Waals surface area (Å²) in [7, 11) is 2.15. The third-order valence-electron chi connectivity index (χ3n) is 3.67. The second-order valence-corrected chi connectivity index (χ2v) is 6.17. The Labute approximate surface area is 124 Å². The molecule has 0 saturated carbocycles. The lowest BCUT2D eigenvalue weighted by Gasteiger charge is -2.22. The van der Waals surface area contributed by atoms with Gasteiger partial charge in [0.1, 0.15) is 0 Å². The van der Waals surface area contributed by atoms with Crippen LogP contribution >= 0.6 is 15.9 Å². The molecule has 1 fully saturated rings. The molecule has 106 valence electrons. The molecule has 2 unspecified atom stereocenters. The maximum Gasteiger partial charge on any atom is 0.0702 e. The molecule has 1 aromatic rings. The molecule has 2 atom stereocenters. The molecule has 0 amide bonds. The monoisotopic (exact) mass is 326 g/mol. The summed E-state index contributed by atoms with van der Waals surface area (Å²) < 4.78 is 6.75. The van der Waals surface area contributed by atoms with Crippen LogP contribution < -0.4 is 5.73 Å². The predicted octanol–water partition coefficient (Wildman–Crippen LogP) is 2.95. The van der Waals surface area contributed by atoms with E-state index < -0.39 is 0 Å². The van der Waals surface area contributed by atoms with Crippen LogP contribution in [0.3, 0.4) is 0 Å². The topological polar surface area (TPSA) is 38.5 Å². The van der Waals surface area contributed by atoms with Gasteiger partial charge in [-0.1, -0.05) is 34.1 Å². The minimum atomic E-state index is 0.0857. The fourth-order valence-electron chi connectivity index (χ4n) is 2.52. The van der Waals surface area contributed by atoms with E-state index in [9.17, 15) is 0 Å².